The van der Waals surface area contributed by atoms with Gasteiger partial charge in [0.25, 0.3) is 8.24 Å². The molecule has 0 fully saturated rings. The van der Waals surface area contributed by atoms with Crippen molar-refractivity contribution in [1.82, 2.24) is 0 Å². The second-order valence-corrected chi connectivity index (χ2v) is 13.3. The summed E-state index contributed by atoms with van der Waals surface area (Å²) in [6, 6.07) is 0. The first-order valence-corrected chi connectivity index (χ1v) is 10.3. The summed E-state index contributed by atoms with van der Waals surface area (Å²) in [5.41, 5.74) is 0. The van der Waals surface area contributed by atoms with E-state index in [2.05, 4.69) is 46.7 Å². The standard InChI is InChI=1S/C8H23NSi2/c1-8-9(2,10(3)4)11(5,6)7/h8H2,1-7H3/q+1. The largest absolute Gasteiger partial charge is 0.446 e. The molecule has 0 aliphatic carbocycles. The van der Waals surface area contributed by atoms with Crippen molar-refractivity contribution < 1.29 is 3.81 Å². The fraction of sp³-hybridized carbons (Fsp3) is 1.00. The van der Waals surface area contributed by atoms with Gasteiger partial charge in [0.05, 0.1) is 0 Å². The summed E-state index contributed by atoms with van der Waals surface area (Å²) in [6.07, 6.45) is 0. The Balaban J connectivity index is 4.61. The predicted octanol–water partition coefficient (Wildman–Crippen LogP) is 2.54. The topological polar surface area (TPSA) is 0 Å². The molecule has 11 heavy (non-hydrogen) atoms. The van der Waals surface area contributed by atoms with E-state index in [1.807, 2.05) is 0 Å². The molecular formula is C8H23NSi2+. The summed E-state index contributed by atoms with van der Waals surface area (Å²) in [4.78, 5) is 0. The summed E-state index contributed by atoms with van der Waals surface area (Å²) < 4.78 is 1.39. The Morgan fingerprint density at radius 2 is 1.55 bits per heavy atom. The lowest BCUT2D eigenvalue weighted by Gasteiger charge is -2.48. The van der Waals surface area contributed by atoms with E-state index in [-0.39, 0.29) is 8.96 Å². The van der Waals surface area contributed by atoms with Gasteiger partial charge in [-0.05, 0) is 39.7 Å². The molecule has 0 rings (SSSR count). The first kappa shape index (κ1) is 11.4. The van der Waals surface area contributed by atoms with Crippen LogP contribution in [0.3, 0.4) is 0 Å². The highest BCUT2D eigenvalue weighted by Crippen LogP contribution is 2.20. The monoisotopic (exact) mass is 189 g/mol. The molecule has 0 amide bonds. The molecule has 0 N–H and O–H groups in total. The van der Waals surface area contributed by atoms with Crippen molar-refractivity contribution in [3.63, 3.8) is 0 Å². The highest BCUT2D eigenvalue weighted by Gasteiger charge is 2.40. The van der Waals surface area contributed by atoms with Crippen molar-refractivity contribution >= 4 is 17.2 Å². The summed E-state index contributed by atoms with van der Waals surface area (Å²) in [5.74, 6) is 0. The summed E-state index contributed by atoms with van der Waals surface area (Å²) >= 11 is 0. The van der Waals surface area contributed by atoms with Crippen molar-refractivity contribution in [1.29, 1.82) is 0 Å². The Labute approximate surface area is 74.8 Å². The van der Waals surface area contributed by atoms with Gasteiger partial charge in [-0.25, -0.2) is 0 Å². The Bertz CT molecular complexity index is 129. The number of hydrogen-bond donors (Lipinski definition) is 0. The lowest BCUT2D eigenvalue weighted by Crippen LogP contribution is -2.66. The van der Waals surface area contributed by atoms with E-state index in [0.717, 1.165) is 0 Å². The van der Waals surface area contributed by atoms with Gasteiger partial charge in [-0.1, -0.05) is 0 Å². The zero-order chi connectivity index (χ0) is 9.28. The van der Waals surface area contributed by atoms with Crippen LogP contribution in [0.5, 0.6) is 0 Å². The van der Waals surface area contributed by atoms with E-state index in [1.165, 1.54) is 10.4 Å². The molecule has 1 radical (unpaired) electrons. The smallest absolute Gasteiger partial charge is 0.311 e. The number of hydrogen-bond acceptors (Lipinski definition) is 0. The Kier molecular flexibility index (Phi) is 3.53. The zero-order valence-corrected chi connectivity index (χ0v) is 11.2. The third-order valence-corrected chi connectivity index (χ3v) is 12.0. The predicted molar refractivity (Wildman–Crippen MR) is 57.6 cm³/mol. The molecule has 3 heteroatoms. The molecule has 1 nitrogen and oxygen atoms in total. The molecule has 1 atom stereocenters. The fourth-order valence-electron chi connectivity index (χ4n) is 1.46. The molecule has 0 aliphatic rings. The molecule has 0 bridgehead atoms. The van der Waals surface area contributed by atoms with E-state index in [9.17, 15) is 0 Å². The molecule has 0 saturated heterocycles. The average Bonchev–Trinajstić information content (AvgIpc) is 1.83. The molecule has 0 aromatic rings. The minimum atomic E-state index is -0.991. The van der Waals surface area contributed by atoms with Gasteiger partial charge in [0.1, 0.15) is 0 Å². The van der Waals surface area contributed by atoms with E-state index in [0.29, 0.717) is 0 Å². The van der Waals surface area contributed by atoms with Crippen molar-refractivity contribution in [3.8, 4) is 0 Å². The molecule has 0 spiro atoms. The van der Waals surface area contributed by atoms with Crippen LogP contribution < -0.4 is 0 Å². The van der Waals surface area contributed by atoms with Gasteiger partial charge in [-0.3, -0.25) is 0 Å². The normalized spacial score (nSPS) is 18.5. The van der Waals surface area contributed by atoms with Crippen LogP contribution in [0.4, 0.5) is 0 Å². The Morgan fingerprint density at radius 3 is 1.55 bits per heavy atom. The van der Waals surface area contributed by atoms with Gasteiger partial charge in [0.15, 0.2) is 0 Å². The van der Waals surface area contributed by atoms with Crippen molar-refractivity contribution in [2.45, 2.75) is 39.7 Å². The van der Waals surface area contributed by atoms with E-state index < -0.39 is 8.24 Å². The van der Waals surface area contributed by atoms with Crippen LogP contribution >= 0.6 is 0 Å². The van der Waals surface area contributed by atoms with E-state index >= 15 is 0 Å². The van der Waals surface area contributed by atoms with Crippen LogP contribution in [-0.4, -0.2) is 34.6 Å². The highest BCUT2D eigenvalue weighted by atomic mass is 28.4. The maximum Gasteiger partial charge on any atom is 0.311 e. The van der Waals surface area contributed by atoms with Gasteiger partial charge in [-0.2, -0.15) is 0 Å². The lowest BCUT2D eigenvalue weighted by molar-refractivity contribution is -0.697. The highest BCUT2D eigenvalue weighted by molar-refractivity contribution is 6.75. The number of rotatable bonds is 3. The maximum atomic E-state index is 2.48. The van der Waals surface area contributed by atoms with Gasteiger partial charge in [0, 0.05) is 13.6 Å². The van der Waals surface area contributed by atoms with Crippen LogP contribution in [0.15, 0.2) is 0 Å². The van der Waals surface area contributed by atoms with Crippen LogP contribution in [0.2, 0.25) is 32.7 Å². The third kappa shape index (κ3) is 2.16. The first-order chi connectivity index (χ1) is 4.75. The SMILES string of the molecule is CC[N+](C)([Si](C)C)[Si](C)(C)C. The zero-order valence-electron chi connectivity index (χ0n) is 9.15. The molecule has 1 unspecified atom stereocenters. The van der Waals surface area contributed by atoms with Crippen molar-refractivity contribution in [3.05, 3.63) is 0 Å². The van der Waals surface area contributed by atoms with Gasteiger partial charge < -0.3 is 3.81 Å². The van der Waals surface area contributed by atoms with Crippen LogP contribution in [0, 0.1) is 0 Å². The van der Waals surface area contributed by atoms with Gasteiger partial charge in [0.2, 0.25) is 0 Å². The van der Waals surface area contributed by atoms with E-state index in [4.69, 9.17) is 0 Å². The van der Waals surface area contributed by atoms with Crippen LogP contribution in [0.25, 0.3) is 0 Å². The molecule has 0 heterocycles. The fourth-order valence-corrected chi connectivity index (χ4v) is 8.41. The van der Waals surface area contributed by atoms with Crippen LogP contribution in [-0.2, 0) is 0 Å². The molecular weight excluding hydrogens is 166 g/mol. The summed E-state index contributed by atoms with van der Waals surface area (Å²) in [7, 11) is 1.27. The lowest BCUT2D eigenvalue weighted by atomic mass is 10.8. The second-order valence-electron chi connectivity index (χ2n) is 4.63. The molecule has 67 valence electrons. The number of quaternary nitrogens is 1. The Morgan fingerprint density at radius 1 is 1.18 bits per heavy atom. The molecule has 0 saturated carbocycles. The molecule has 0 aromatic heterocycles. The minimum absolute atomic E-state index is 0.181. The average molecular weight is 189 g/mol. The quantitative estimate of drug-likeness (QED) is 0.599. The summed E-state index contributed by atoms with van der Waals surface area (Å²) in [6.45, 7) is 16.0. The Hall–Kier alpha value is 0.394. The van der Waals surface area contributed by atoms with E-state index in [1.54, 1.807) is 0 Å². The van der Waals surface area contributed by atoms with Gasteiger partial charge in [-0.15, -0.1) is 0 Å². The van der Waals surface area contributed by atoms with Crippen LogP contribution in [0.1, 0.15) is 6.92 Å². The number of nitrogens with zero attached hydrogens (tertiary/aromatic N) is 1. The second kappa shape index (κ2) is 3.41. The minimum Gasteiger partial charge on any atom is -0.446 e. The first-order valence-electron chi connectivity index (χ1n) is 4.42. The third-order valence-electron chi connectivity index (χ3n) is 3.10. The maximum absolute atomic E-state index is 2.48. The summed E-state index contributed by atoms with van der Waals surface area (Å²) in [5, 5.41) is 0. The van der Waals surface area contributed by atoms with Crippen molar-refractivity contribution in [2.75, 3.05) is 13.6 Å². The molecule has 0 aromatic carbocycles. The van der Waals surface area contributed by atoms with Crippen molar-refractivity contribution in [2.24, 2.45) is 0 Å². The van der Waals surface area contributed by atoms with Gasteiger partial charge >= 0.3 is 8.96 Å². The molecule has 0 aliphatic heterocycles.